The topological polar surface area (TPSA) is 37.4 Å². The van der Waals surface area contributed by atoms with Gasteiger partial charge in [-0.05, 0) is 60.5 Å². The minimum absolute atomic E-state index is 0.175. The summed E-state index contributed by atoms with van der Waals surface area (Å²) in [6.07, 6.45) is 5.21. The summed E-state index contributed by atoms with van der Waals surface area (Å²) in [4.78, 5) is 27.3. The van der Waals surface area contributed by atoms with Crippen LogP contribution in [0.25, 0.3) is 0 Å². The Bertz CT molecular complexity index is 827. The van der Waals surface area contributed by atoms with Gasteiger partial charge in [0.15, 0.2) is 0 Å². The van der Waals surface area contributed by atoms with E-state index in [4.69, 9.17) is 0 Å². The van der Waals surface area contributed by atoms with Crippen molar-refractivity contribution in [2.75, 3.05) is 4.90 Å². The number of hydrogen-bond donors (Lipinski definition) is 0. The van der Waals surface area contributed by atoms with E-state index < -0.39 is 0 Å². The van der Waals surface area contributed by atoms with Gasteiger partial charge in [0.2, 0.25) is 5.91 Å². The molecule has 1 aromatic rings. The maximum atomic E-state index is 12.7. The Labute approximate surface area is 162 Å². The minimum Gasteiger partial charge on any atom is -0.309 e. The lowest BCUT2D eigenvalue weighted by atomic mass is 9.46. The molecule has 0 N–H and O–H groups in total. The maximum Gasteiger partial charge on any atom is 0.224 e. The third kappa shape index (κ3) is 2.09. The molecule has 5 rings (SSSR count). The van der Waals surface area contributed by atoms with E-state index in [9.17, 15) is 9.59 Å². The van der Waals surface area contributed by atoms with Crippen LogP contribution in [0.4, 0.5) is 5.69 Å². The molecule has 0 aromatic heterocycles. The molecule has 144 valence electrons. The van der Waals surface area contributed by atoms with Gasteiger partial charge in [-0.1, -0.05) is 39.0 Å². The zero-order valence-electron chi connectivity index (χ0n) is 17.0. The number of fused-ring (bicyclic) bond motifs is 7. The highest BCUT2D eigenvalue weighted by molar-refractivity contribution is 5.95. The Hall–Kier alpha value is -1.64. The monoisotopic (exact) mass is 365 g/mol. The van der Waals surface area contributed by atoms with Crippen LogP contribution in [-0.4, -0.2) is 17.7 Å². The SMILES string of the molecule is CC(=O)N1c2ccccc2[C@@H]2[C@H]3CC[C@H]4C(C)(C)C(=O)CC[C@]4(C)[C@@H]3C[C@@H]21. The number of ketones is 1. The molecule has 1 aromatic carbocycles. The van der Waals surface area contributed by atoms with Gasteiger partial charge in [0.05, 0.1) is 0 Å². The van der Waals surface area contributed by atoms with Crippen molar-refractivity contribution in [3.05, 3.63) is 29.8 Å². The van der Waals surface area contributed by atoms with Crippen LogP contribution in [0.3, 0.4) is 0 Å². The van der Waals surface area contributed by atoms with E-state index in [0.29, 0.717) is 35.5 Å². The third-order valence-electron chi connectivity index (χ3n) is 9.03. The molecule has 0 spiro atoms. The molecular weight excluding hydrogens is 334 g/mol. The molecule has 0 unspecified atom stereocenters. The second kappa shape index (κ2) is 5.46. The Morgan fingerprint density at radius 2 is 1.89 bits per heavy atom. The molecule has 0 saturated heterocycles. The Kier molecular flexibility index (Phi) is 3.53. The van der Waals surface area contributed by atoms with Gasteiger partial charge in [0, 0.05) is 36.4 Å². The number of para-hydroxylation sites is 1. The van der Waals surface area contributed by atoms with E-state index in [1.54, 1.807) is 6.92 Å². The molecule has 3 heteroatoms. The van der Waals surface area contributed by atoms with E-state index in [1.165, 1.54) is 12.0 Å². The van der Waals surface area contributed by atoms with Gasteiger partial charge in [0.1, 0.15) is 5.78 Å². The highest BCUT2D eigenvalue weighted by Gasteiger charge is 2.63. The summed E-state index contributed by atoms with van der Waals surface area (Å²) >= 11 is 0. The molecule has 4 aliphatic rings. The van der Waals surface area contributed by atoms with Crippen LogP contribution in [0.2, 0.25) is 0 Å². The van der Waals surface area contributed by atoms with Crippen molar-refractivity contribution in [2.45, 2.75) is 71.8 Å². The number of benzene rings is 1. The largest absolute Gasteiger partial charge is 0.309 e. The Morgan fingerprint density at radius 1 is 1.15 bits per heavy atom. The van der Waals surface area contributed by atoms with Crippen LogP contribution in [-0.2, 0) is 9.59 Å². The maximum absolute atomic E-state index is 12.7. The van der Waals surface area contributed by atoms with Gasteiger partial charge in [-0.2, -0.15) is 0 Å². The quantitative estimate of drug-likeness (QED) is 0.652. The van der Waals surface area contributed by atoms with Gasteiger partial charge in [-0.25, -0.2) is 0 Å². The highest BCUT2D eigenvalue weighted by Crippen LogP contribution is 2.68. The first-order valence-corrected chi connectivity index (χ1v) is 10.7. The van der Waals surface area contributed by atoms with Crippen molar-refractivity contribution in [2.24, 2.45) is 28.6 Å². The molecule has 3 fully saturated rings. The van der Waals surface area contributed by atoms with E-state index in [0.717, 1.165) is 31.4 Å². The predicted molar refractivity (Wildman–Crippen MR) is 107 cm³/mol. The second-order valence-electron chi connectivity index (χ2n) is 10.3. The Balaban J connectivity index is 1.57. The number of carbonyl (C=O) groups is 2. The van der Waals surface area contributed by atoms with E-state index in [-0.39, 0.29) is 16.7 Å². The summed E-state index contributed by atoms with van der Waals surface area (Å²) in [7, 11) is 0. The average molecular weight is 366 g/mol. The summed E-state index contributed by atoms with van der Waals surface area (Å²) in [5.41, 5.74) is 2.55. The molecule has 1 amide bonds. The van der Waals surface area contributed by atoms with Gasteiger partial charge < -0.3 is 4.90 Å². The van der Waals surface area contributed by atoms with E-state index >= 15 is 0 Å². The fourth-order valence-corrected chi connectivity index (χ4v) is 7.92. The number of hydrogen-bond acceptors (Lipinski definition) is 2. The van der Waals surface area contributed by atoms with Crippen LogP contribution in [0, 0.1) is 28.6 Å². The number of carbonyl (C=O) groups excluding carboxylic acids is 2. The normalized spacial score (nSPS) is 41.6. The first-order valence-electron chi connectivity index (χ1n) is 10.7. The molecule has 0 radical (unpaired) electrons. The number of nitrogens with zero attached hydrogens (tertiary/aromatic N) is 1. The summed E-state index contributed by atoms with van der Waals surface area (Å²) in [5.74, 6) is 2.85. The zero-order chi connectivity index (χ0) is 19.1. The van der Waals surface area contributed by atoms with Gasteiger partial charge in [0.25, 0.3) is 0 Å². The Morgan fingerprint density at radius 3 is 2.63 bits per heavy atom. The predicted octanol–water partition coefficient (Wildman–Crippen LogP) is 4.95. The van der Waals surface area contributed by atoms with Crippen LogP contribution < -0.4 is 4.90 Å². The molecule has 3 aliphatic carbocycles. The minimum atomic E-state index is -0.201. The molecule has 1 aliphatic heterocycles. The van der Waals surface area contributed by atoms with Crippen molar-refractivity contribution in [3.63, 3.8) is 0 Å². The summed E-state index contributed by atoms with van der Waals surface area (Å²) in [6.45, 7) is 8.55. The van der Waals surface area contributed by atoms with Crippen molar-refractivity contribution >= 4 is 17.4 Å². The van der Waals surface area contributed by atoms with Crippen LogP contribution in [0.5, 0.6) is 0 Å². The smallest absolute Gasteiger partial charge is 0.224 e. The van der Waals surface area contributed by atoms with Crippen molar-refractivity contribution in [1.82, 2.24) is 0 Å². The summed E-state index contributed by atoms with van der Waals surface area (Å²) < 4.78 is 0. The number of rotatable bonds is 0. The zero-order valence-corrected chi connectivity index (χ0v) is 17.0. The molecule has 3 saturated carbocycles. The summed E-state index contributed by atoms with van der Waals surface area (Å²) in [6, 6.07) is 8.87. The van der Waals surface area contributed by atoms with Crippen LogP contribution >= 0.6 is 0 Å². The van der Waals surface area contributed by atoms with Gasteiger partial charge >= 0.3 is 0 Å². The molecule has 6 atom stereocenters. The summed E-state index contributed by atoms with van der Waals surface area (Å²) in [5, 5.41) is 0. The van der Waals surface area contributed by atoms with Gasteiger partial charge in [-0.15, -0.1) is 0 Å². The lowest BCUT2D eigenvalue weighted by Crippen LogP contribution is -2.54. The van der Waals surface area contributed by atoms with Crippen molar-refractivity contribution < 1.29 is 9.59 Å². The standard InChI is InChI=1S/C24H31NO2/c1-14(26)25-18-8-6-5-7-16(18)22-15-9-10-20-23(2,3)21(27)11-12-24(20,4)17(15)13-19(22)25/h5-8,15,17,19-20,22H,9-13H2,1-4H3/t15-,17+,19-,20-,22-,24+/m0/s1. The van der Waals surface area contributed by atoms with Crippen molar-refractivity contribution in [1.29, 1.82) is 0 Å². The fourth-order valence-electron chi connectivity index (χ4n) is 7.92. The third-order valence-corrected chi connectivity index (χ3v) is 9.03. The molecule has 0 bridgehead atoms. The highest BCUT2D eigenvalue weighted by atomic mass is 16.2. The number of anilines is 1. The lowest BCUT2D eigenvalue weighted by Gasteiger charge is -2.57. The first-order chi connectivity index (χ1) is 12.8. The molecular formula is C24H31NO2. The van der Waals surface area contributed by atoms with E-state index in [1.807, 2.05) is 0 Å². The second-order valence-corrected chi connectivity index (χ2v) is 10.3. The van der Waals surface area contributed by atoms with Crippen LogP contribution in [0.1, 0.15) is 71.3 Å². The molecule has 1 heterocycles. The number of Topliss-reactive ketones (excluding diaryl/α,β-unsaturated/α-hetero) is 1. The fraction of sp³-hybridized carbons (Fsp3) is 0.667. The van der Waals surface area contributed by atoms with E-state index in [2.05, 4.69) is 49.9 Å². The van der Waals surface area contributed by atoms with Gasteiger partial charge in [-0.3, -0.25) is 9.59 Å². The van der Waals surface area contributed by atoms with Crippen LogP contribution in [0.15, 0.2) is 24.3 Å². The molecule has 3 nitrogen and oxygen atoms in total. The average Bonchev–Trinajstić information content (AvgIpc) is 3.14. The lowest BCUT2D eigenvalue weighted by molar-refractivity contribution is -0.150. The first kappa shape index (κ1) is 17.5. The number of amides is 1. The molecule has 27 heavy (non-hydrogen) atoms. The van der Waals surface area contributed by atoms with Crippen molar-refractivity contribution in [3.8, 4) is 0 Å².